The van der Waals surface area contributed by atoms with Gasteiger partial charge >= 0.3 is 0 Å². The van der Waals surface area contributed by atoms with Crippen LogP contribution in [0.15, 0.2) is 11.6 Å². The van der Waals surface area contributed by atoms with Crippen molar-refractivity contribution in [3.8, 4) is 0 Å². The second-order valence-electron chi connectivity index (χ2n) is 9.17. The van der Waals surface area contributed by atoms with E-state index in [0.717, 1.165) is 23.8 Å². The Hall–Kier alpha value is -0.920. The zero-order valence-corrected chi connectivity index (χ0v) is 14.9. The maximum atomic E-state index is 12.9. The van der Waals surface area contributed by atoms with Gasteiger partial charge in [0.05, 0.1) is 0 Å². The molecule has 23 heavy (non-hydrogen) atoms. The van der Waals surface area contributed by atoms with Crippen LogP contribution in [0.2, 0.25) is 0 Å². The second kappa shape index (κ2) is 5.04. The molecule has 4 aliphatic carbocycles. The number of hydrogen-bond donors (Lipinski definition) is 0. The van der Waals surface area contributed by atoms with Crippen LogP contribution in [0, 0.1) is 34.5 Å². The van der Waals surface area contributed by atoms with Crippen LogP contribution in [0.4, 0.5) is 0 Å². The van der Waals surface area contributed by atoms with E-state index in [1.54, 1.807) is 6.08 Å². The van der Waals surface area contributed by atoms with Crippen molar-refractivity contribution in [2.24, 2.45) is 34.5 Å². The fraction of sp³-hybridized carbons (Fsp3) is 0.810. The molecule has 0 spiro atoms. The first-order valence-electron chi connectivity index (χ1n) is 9.68. The third kappa shape index (κ3) is 1.99. The Balaban J connectivity index is 1.72. The molecule has 4 rings (SSSR count). The van der Waals surface area contributed by atoms with Crippen LogP contribution in [0.5, 0.6) is 0 Å². The summed E-state index contributed by atoms with van der Waals surface area (Å²) in [5.74, 6) is 3.21. The van der Waals surface area contributed by atoms with Crippen LogP contribution in [0.1, 0.15) is 72.1 Å². The van der Waals surface area contributed by atoms with E-state index < -0.39 is 0 Å². The molecule has 0 N–H and O–H groups in total. The summed E-state index contributed by atoms with van der Waals surface area (Å²) in [6.07, 6.45) is 10.5. The highest BCUT2D eigenvalue weighted by atomic mass is 16.1. The molecule has 0 amide bonds. The fourth-order valence-corrected chi connectivity index (χ4v) is 7.17. The number of hydrogen-bond acceptors (Lipinski definition) is 2. The van der Waals surface area contributed by atoms with Crippen molar-refractivity contribution in [2.45, 2.75) is 72.1 Å². The lowest BCUT2D eigenvalue weighted by molar-refractivity contribution is -0.131. The zero-order chi connectivity index (χ0) is 16.4. The monoisotopic (exact) mass is 314 g/mol. The van der Waals surface area contributed by atoms with Crippen molar-refractivity contribution in [1.82, 2.24) is 0 Å². The van der Waals surface area contributed by atoms with Gasteiger partial charge in [-0.25, -0.2) is 0 Å². The topological polar surface area (TPSA) is 34.1 Å². The molecular weight excluding hydrogens is 284 g/mol. The van der Waals surface area contributed by atoms with Crippen molar-refractivity contribution >= 4 is 11.6 Å². The van der Waals surface area contributed by atoms with Crippen molar-refractivity contribution < 1.29 is 9.59 Å². The van der Waals surface area contributed by atoms with Crippen LogP contribution < -0.4 is 0 Å². The number of Topliss-reactive ketones (excluding diaryl/α,β-unsaturated/α-hetero) is 1. The van der Waals surface area contributed by atoms with Gasteiger partial charge in [0.25, 0.3) is 0 Å². The van der Waals surface area contributed by atoms with Crippen LogP contribution in [0.3, 0.4) is 0 Å². The maximum absolute atomic E-state index is 12.9. The summed E-state index contributed by atoms with van der Waals surface area (Å²) >= 11 is 0. The number of allylic oxidation sites excluding steroid dienone is 1. The lowest BCUT2D eigenvalue weighted by Crippen LogP contribution is -2.52. The predicted molar refractivity (Wildman–Crippen MR) is 90.9 cm³/mol. The van der Waals surface area contributed by atoms with Crippen molar-refractivity contribution in [1.29, 1.82) is 0 Å². The van der Waals surface area contributed by atoms with E-state index in [-0.39, 0.29) is 17.0 Å². The van der Waals surface area contributed by atoms with Crippen molar-refractivity contribution in [3.05, 3.63) is 11.6 Å². The second-order valence-corrected chi connectivity index (χ2v) is 9.17. The predicted octanol–water partition coefficient (Wildman–Crippen LogP) is 4.72. The Kier molecular flexibility index (Phi) is 3.42. The van der Waals surface area contributed by atoms with Gasteiger partial charge in [-0.05, 0) is 72.7 Å². The third-order valence-electron chi connectivity index (χ3n) is 8.48. The van der Waals surface area contributed by atoms with Gasteiger partial charge in [0, 0.05) is 18.4 Å². The number of ketones is 2. The van der Waals surface area contributed by atoms with Gasteiger partial charge < -0.3 is 0 Å². The van der Waals surface area contributed by atoms with Gasteiger partial charge in [0.2, 0.25) is 0 Å². The lowest BCUT2D eigenvalue weighted by Gasteiger charge is -2.57. The Morgan fingerprint density at radius 2 is 1.87 bits per heavy atom. The van der Waals surface area contributed by atoms with E-state index in [9.17, 15) is 9.59 Å². The molecule has 126 valence electrons. The molecule has 0 aromatic rings. The summed E-state index contributed by atoms with van der Waals surface area (Å²) in [5, 5.41) is 0. The minimum Gasteiger partial charge on any atom is -0.295 e. The molecule has 0 aromatic carbocycles. The van der Waals surface area contributed by atoms with Gasteiger partial charge in [-0.2, -0.15) is 0 Å². The molecule has 0 aliphatic heterocycles. The quantitative estimate of drug-likeness (QED) is 0.701. The van der Waals surface area contributed by atoms with Crippen molar-refractivity contribution in [2.75, 3.05) is 0 Å². The van der Waals surface area contributed by atoms with E-state index in [0.29, 0.717) is 30.1 Å². The molecule has 2 heteroatoms. The zero-order valence-electron chi connectivity index (χ0n) is 14.9. The average Bonchev–Trinajstić information content (AvgIpc) is 2.86. The molecule has 0 heterocycles. The van der Waals surface area contributed by atoms with E-state index >= 15 is 0 Å². The first-order valence-corrected chi connectivity index (χ1v) is 9.68. The van der Waals surface area contributed by atoms with E-state index in [1.807, 2.05) is 0 Å². The summed E-state index contributed by atoms with van der Waals surface area (Å²) in [7, 11) is 0. The molecule has 3 fully saturated rings. The van der Waals surface area contributed by atoms with Gasteiger partial charge in [0.15, 0.2) is 11.6 Å². The van der Waals surface area contributed by atoms with Crippen LogP contribution in [0.25, 0.3) is 0 Å². The van der Waals surface area contributed by atoms with E-state index in [4.69, 9.17) is 0 Å². The lowest BCUT2D eigenvalue weighted by atomic mass is 9.46. The Morgan fingerprint density at radius 1 is 1.09 bits per heavy atom. The standard InChI is InChI=1S/C21H30O2/c1-4-13-5-6-16-15-12-19(23)18-11-14(22)7-9-21(18,3)17(15)8-10-20(13,16)2/h11,13,15-17H,4-10,12H2,1-3H3. The van der Waals surface area contributed by atoms with Gasteiger partial charge in [-0.3, -0.25) is 9.59 Å². The molecule has 6 unspecified atom stereocenters. The minimum absolute atomic E-state index is 0.0282. The number of carbonyl (C=O) groups excluding carboxylic acids is 2. The molecular formula is C21H30O2. The van der Waals surface area contributed by atoms with Crippen LogP contribution in [-0.2, 0) is 9.59 Å². The highest BCUT2D eigenvalue weighted by molar-refractivity contribution is 6.05. The SMILES string of the molecule is CCC1CCC2C3CC(=O)C4=CC(=O)CCC4(C)C3CCC12C. The summed E-state index contributed by atoms with van der Waals surface area (Å²) in [6.45, 7) is 7.14. The molecule has 0 radical (unpaired) electrons. The summed E-state index contributed by atoms with van der Waals surface area (Å²) in [4.78, 5) is 24.7. The molecule has 0 bridgehead atoms. The molecule has 0 saturated heterocycles. The number of carbonyl (C=O) groups is 2. The Morgan fingerprint density at radius 3 is 2.61 bits per heavy atom. The fourth-order valence-electron chi connectivity index (χ4n) is 7.17. The van der Waals surface area contributed by atoms with E-state index in [2.05, 4.69) is 20.8 Å². The molecule has 0 aromatic heterocycles. The molecule has 2 nitrogen and oxygen atoms in total. The molecule has 6 atom stereocenters. The first-order chi connectivity index (χ1) is 10.9. The summed E-state index contributed by atoms with van der Waals surface area (Å²) in [5.41, 5.74) is 1.31. The third-order valence-corrected chi connectivity index (χ3v) is 8.48. The summed E-state index contributed by atoms with van der Waals surface area (Å²) < 4.78 is 0. The van der Waals surface area contributed by atoms with E-state index in [1.165, 1.54) is 32.1 Å². The average molecular weight is 314 g/mol. The van der Waals surface area contributed by atoms with Gasteiger partial charge in [-0.1, -0.05) is 27.2 Å². The maximum Gasteiger partial charge on any atom is 0.159 e. The normalized spacial score (nSPS) is 49.3. The molecule has 4 aliphatic rings. The van der Waals surface area contributed by atoms with Crippen LogP contribution in [-0.4, -0.2) is 11.6 Å². The highest BCUT2D eigenvalue weighted by Crippen LogP contribution is 2.66. The summed E-state index contributed by atoms with van der Waals surface area (Å²) in [6, 6.07) is 0. The van der Waals surface area contributed by atoms with Crippen LogP contribution >= 0.6 is 0 Å². The Bertz CT molecular complexity index is 589. The van der Waals surface area contributed by atoms with Crippen molar-refractivity contribution in [3.63, 3.8) is 0 Å². The van der Waals surface area contributed by atoms with Gasteiger partial charge in [-0.15, -0.1) is 0 Å². The number of fused-ring (bicyclic) bond motifs is 5. The highest BCUT2D eigenvalue weighted by Gasteiger charge is 2.60. The first kappa shape index (κ1) is 15.6. The number of rotatable bonds is 1. The Labute approximate surface area is 140 Å². The molecule has 3 saturated carbocycles. The minimum atomic E-state index is -0.0282. The largest absolute Gasteiger partial charge is 0.295 e. The smallest absolute Gasteiger partial charge is 0.159 e. The van der Waals surface area contributed by atoms with Gasteiger partial charge in [0.1, 0.15) is 0 Å².